The topological polar surface area (TPSA) is 31.7 Å². The van der Waals surface area contributed by atoms with Crippen LogP contribution in [0.25, 0.3) is 0 Å². The summed E-state index contributed by atoms with van der Waals surface area (Å²) >= 11 is 1.88. The number of nitrogens with zero attached hydrogens (tertiary/aromatic N) is 4. The van der Waals surface area contributed by atoms with Gasteiger partial charge in [-0.1, -0.05) is 17.8 Å². The molecule has 0 aliphatic carbocycles. The van der Waals surface area contributed by atoms with Crippen molar-refractivity contribution in [1.29, 1.82) is 0 Å². The van der Waals surface area contributed by atoms with Crippen molar-refractivity contribution in [2.75, 3.05) is 39.5 Å². The molecule has 0 radical (unpaired) electrons. The maximum Gasteiger partial charge on any atom is 0.159 e. The summed E-state index contributed by atoms with van der Waals surface area (Å²) in [5.74, 6) is 1.18. The summed E-state index contributed by atoms with van der Waals surface area (Å²) in [6.07, 6.45) is 4.96. The van der Waals surface area contributed by atoms with Crippen LogP contribution in [0.1, 0.15) is 12.0 Å². The zero-order valence-electron chi connectivity index (χ0n) is 11.7. The molecule has 0 aromatic carbocycles. The average molecular weight is 278 g/mol. The molecule has 1 aliphatic heterocycles. The van der Waals surface area contributed by atoms with E-state index in [0.29, 0.717) is 0 Å². The van der Waals surface area contributed by atoms with Gasteiger partial charge in [-0.15, -0.1) is 0 Å². The van der Waals surface area contributed by atoms with E-state index in [1.54, 1.807) is 0 Å². The molecule has 0 fully saturated rings. The summed E-state index contributed by atoms with van der Waals surface area (Å²) in [4.78, 5) is 13.5. The van der Waals surface area contributed by atoms with Crippen molar-refractivity contribution in [2.45, 2.75) is 13.0 Å². The predicted octanol–water partition coefficient (Wildman–Crippen LogP) is 1.94. The third kappa shape index (κ3) is 4.84. The Morgan fingerprint density at radius 2 is 2.21 bits per heavy atom. The van der Waals surface area contributed by atoms with Crippen LogP contribution in [-0.4, -0.2) is 59.4 Å². The van der Waals surface area contributed by atoms with Gasteiger partial charge in [-0.25, -0.2) is 0 Å². The van der Waals surface area contributed by atoms with Crippen molar-refractivity contribution in [3.05, 3.63) is 30.1 Å². The van der Waals surface area contributed by atoms with Gasteiger partial charge in [0.05, 0.1) is 0 Å². The molecule has 0 N–H and O–H groups in total. The Morgan fingerprint density at radius 1 is 1.32 bits per heavy atom. The number of hydrogen-bond acceptors (Lipinski definition) is 5. The molecule has 2 heterocycles. The highest BCUT2D eigenvalue weighted by Crippen LogP contribution is 2.17. The van der Waals surface area contributed by atoms with Crippen LogP contribution in [0.5, 0.6) is 0 Å². The molecule has 1 aliphatic rings. The first-order chi connectivity index (χ1) is 9.25. The molecule has 1 aromatic rings. The Balaban J connectivity index is 2.03. The first-order valence-corrected chi connectivity index (χ1v) is 7.70. The number of rotatable bonds is 5. The van der Waals surface area contributed by atoms with Crippen LogP contribution in [-0.2, 0) is 6.54 Å². The van der Waals surface area contributed by atoms with E-state index in [1.807, 2.05) is 30.2 Å². The van der Waals surface area contributed by atoms with E-state index in [-0.39, 0.29) is 0 Å². The second-order valence-corrected chi connectivity index (χ2v) is 6.01. The van der Waals surface area contributed by atoms with Gasteiger partial charge in [0.1, 0.15) is 0 Å². The highest BCUT2D eigenvalue weighted by molar-refractivity contribution is 8.13. The standard InChI is InChI=1S/C14H22N4S/c1-17(2)8-9-18(14-16-7-4-10-19-14)12-13-5-3-6-15-11-13/h3,5-6,11H,4,7-10,12H2,1-2H3. The van der Waals surface area contributed by atoms with Crippen LogP contribution >= 0.6 is 11.8 Å². The summed E-state index contributed by atoms with van der Waals surface area (Å²) in [5, 5.41) is 1.19. The fraction of sp³-hybridized carbons (Fsp3) is 0.571. The molecule has 0 saturated carbocycles. The van der Waals surface area contributed by atoms with E-state index in [9.17, 15) is 0 Å². The summed E-state index contributed by atoms with van der Waals surface area (Å²) in [6.45, 7) is 3.91. The average Bonchev–Trinajstić information content (AvgIpc) is 2.45. The molecule has 5 heteroatoms. The second kappa shape index (κ2) is 7.50. The second-order valence-electron chi connectivity index (χ2n) is 4.95. The van der Waals surface area contributed by atoms with E-state index in [1.165, 1.54) is 22.9 Å². The summed E-state index contributed by atoms with van der Waals surface area (Å²) < 4.78 is 0. The van der Waals surface area contributed by atoms with E-state index >= 15 is 0 Å². The number of aliphatic imine (C=N–C) groups is 1. The highest BCUT2D eigenvalue weighted by atomic mass is 32.2. The third-order valence-electron chi connectivity index (χ3n) is 2.96. The van der Waals surface area contributed by atoms with Crippen molar-refractivity contribution >= 4 is 16.9 Å². The predicted molar refractivity (Wildman–Crippen MR) is 82.6 cm³/mol. The lowest BCUT2D eigenvalue weighted by atomic mass is 10.2. The van der Waals surface area contributed by atoms with Crippen LogP contribution in [0.15, 0.2) is 29.5 Å². The Labute approximate surface area is 119 Å². The SMILES string of the molecule is CN(C)CCN(Cc1cccnc1)C1=NCCCS1. The van der Waals surface area contributed by atoms with Gasteiger partial charge < -0.3 is 9.80 Å². The lowest BCUT2D eigenvalue weighted by Crippen LogP contribution is -2.36. The zero-order valence-corrected chi connectivity index (χ0v) is 12.6. The number of hydrogen-bond donors (Lipinski definition) is 0. The van der Waals surface area contributed by atoms with Crippen LogP contribution in [0.3, 0.4) is 0 Å². The van der Waals surface area contributed by atoms with E-state index in [4.69, 9.17) is 0 Å². The Bertz CT molecular complexity index is 405. The summed E-state index contributed by atoms with van der Waals surface area (Å²) in [5.41, 5.74) is 1.25. The number of likely N-dealkylation sites (N-methyl/N-ethyl adjacent to an activating group) is 1. The molecular weight excluding hydrogens is 256 g/mol. The van der Waals surface area contributed by atoms with Crippen LogP contribution in [0.2, 0.25) is 0 Å². The molecule has 104 valence electrons. The van der Waals surface area contributed by atoms with Gasteiger partial charge in [-0.05, 0) is 32.1 Å². The van der Waals surface area contributed by atoms with Crippen molar-refractivity contribution < 1.29 is 0 Å². The lowest BCUT2D eigenvalue weighted by molar-refractivity contribution is 0.328. The van der Waals surface area contributed by atoms with Crippen molar-refractivity contribution in [1.82, 2.24) is 14.8 Å². The molecule has 2 rings (SSSR count). The minimum Gasteiger partial charge on any atom is -0.346 e. The molecule has 0 atom stereocenters. The summed E-state index contributed by atoms with van der Waals surface area (Å²) in [6, 6.07) is 4.12. The molecule has 1 aromatic heterocycles. The molecular formula is C14H22N4S. The molecule has 4 nitrogen and oxygen atoms in total. The molecule has 0 unspecified atom stereocenters. The fourth-order valence-corrected chi connectivity index (χ4v) is 2.89. The van der Waals surface area contributed by atoms with Crippen LogP contribution in [0.4, 0.5) is 0 Å². The van der Waals surface area contributed by atoms with E-state index in [2.05, 4.69) is 39.9 Å². The number of aromatic nitrogens is 1. The van der Waals surface area contributed by atoms with Crippen LogP contribution < -0.4 is 0 Å². The molecule has 0 saturated heterocycles. The highest BCUT2D eigenvalue weighted by Gasteiger charge is 2.15. The van der Waals surface area contributed by atoms with Crippen LogP contribution in [0, 0.1) is 0 Å². The fourth-order valence-electron chi connectivity index (χ4n) is 1.91. The van der Waals surface area contributed by atoms with E-state index in [0.717, 1.165) is 26.2 Å². The number of pyridine rings is 1. The quantitative estimate of drug-likeness (QED) is 0.824. The zero-order chi connectivity index (χ0) is 13.5. The van der Waals surface area contributed by atoms with Crippen molar-refractivity contribution in [3.8, 4) is 0 Å². The summed E-state index contributed by atoms with van der Waals surface area (Å²) in [7, 11) is 4.22. The Hall–Kier alpha value is -1.07. The first kappa shape index (κ1) is 14.3. The molecule has 19 heavy (non-hydrogen) atoms. The smallest absolute Gasteiger partial charge is 0.159 e. The molecule has 0 bridgehead atoms. The normalized spacial score (nSPS) is 15.4. The third-order valence-corrected chi connectivity index (χ3v) is 4.10. The minimum atomic E-state index is 0.896. The van der Waals surface area contributed by atoms with Gasteiger partial charge in [-0.2, -0.15) is 0 Å². The van der Waals surface area contributed by atoms with Gasteiger partial charge in [0.25, 0.3) is 0 Å². The first-order valence-electron chi connectivity index (χ1n) is 6.71. The van der Waals surface area contributed by atoms with E-state index < -0.39 is 0 Å². The molecule has 0 spiro atoms. The largest absolute Gasteiger partial charge is 0.346 e. The van der Waals surface area contributed by atoms with Gasteiger partial charge in [0, 0.05) is 44.3 Å². The van der Waals surface area contributed by atoms with Gasteiger partial charge in [0.15, 0.2) is 5.17 Å². The van der Waals surface area contributed by atoms with Gasteiger partial charge >= 0.3 is 0 Å². The van der Waals surface area contributed by atoms with Crippen molar-refractivity contribution in [2.24, 2.45) is 4.99 Å². The van der Waals surface area contributed by atoms with Gasteiger partial charge in [-0.3, -0.25) is 9.98 Å². The number of amidine groups is 1. The lowest BCUT2D eigenvalue weighted by Gasteiger charge is -2.28. The Morgan fingerprint density at radius 3 is 2.84 bits per heavy atom. The number of thioether (sulfide) groups is 1. The minimum absolute atomic E-state index is 0.896. The molecule has 0 amide bonds. The Kier molecular flexibility index (Phi) is 5.66. The monoisotopic (exact) mass is 278 g/mol. The maximum atomic E-state index is 4.67. The maximum absolute atomic E-state index is 4.67. The van der Waals surface area contributed by atoms with Gasteiger partial charge in [0.2, 0.25) is 0 Å². The van der Waals surface area contributed by atoms with Crippen molar-refractivity contribution in [3.63, 3.8) is 0 Å².